The first-order chi connectivity index (χ1) is 6.56. The predicted octanol–water partition coefficient (Wildman–Crippen LogP) is 0.913. The molecule has 1 aromatic rings. The molecular weight excluding hydrogens is 176 g/mol. The van der Waals surface area contributed by atoms with Crippen LogP contribution in [0, 0.1) is 25.2 Å². The molecule has 0 bridgehead atoms. The lowest BCUT2D eigenvalue weighted by atomic mass is 10.1. The van der Waals surface area contributed by atoms with Gasteiger partial charge in [0, 0.05) is 11.7 Å². The highest BCUT2D eigenvalue weighted by molar-refractivity contribution is 5.25. The van der Waals surface area contributed by atoms with E-state index in [1.807, 2.05) is 20.8 Å². The van der Waals surface area contributed by atoms with Crippen LogP contribution in [0.5, 0.6) is 0 Å². The molecule has 0 amide bonds. The third-order valence-corrected chi connectivity index (χ3v) is 2.28. The molecule has 1 heterocycles. The van der Waals surface area contributed by atoms with Gasteiger partial charge in [0.15, 0.2) is 0 Å². The number of nitrogens with zero attached hydrogens (tertiary/aromatic N) is 3. The van der Waals surface area contributed by atoms with Crippen molar-refractivity contribution in [3.8, 4) is 6.07 Å². The molecule has 4 nitrogen and oxygen atoms in total. The maximum absolute atomic E-state index is 8.59. The van der Waals surface area contributed by atoms with Crippen LogP contribution in [0.4, 0.5) is 0 Å². The zero-order valence-electron chi connectivity index (χ0n) is 8.91. The van der Waals surface area contributed by atoms with Gasteiger partial charge in [-0.25, -0.2) is 0 Å². The molecular formula is C10H16N4. The summed E-state index contributed by atoms with van der Waals surface area (Å²) in [4.78, 5) is 0. The van der Waals surface area contributed by atoms with Gasteiger partial charge in [0.1, 0.15) is 6.54 Å². The first-order valence-corrected chi connectivity index (χ1v) is 4.71. The fourth-order valence-corrected chi connectivity index (χ4v) is 1.57. The van der Waals surface area contributed by atoms with Crippen molar-refractivity contribution in [3.63, 3.8) is 0 Å². The highest BCUT2D eigenvalue weighted by Gasteiger charge is 2.12. The van der Waals surface area contributed by atoms with Crippen molar-refractivity contribution in [1.82, 2.24) is 9.78 Å². The summed E-state index contributed by atoms with van der Waals surface area (Å²) in [6.45, 7) is 6.22. The van der Waals surface area contributed by atoms with Crippen LogP contribution < -0.4 is 5.73 Å². The first kappa shape index (κ1) is 10.7. The maximum atomic E-state index is 8.59. The molecule has 0 aromatic carbocycles. The maximum Gasteiger partial charge on any atom is 0.128 e. The lowest BCUT2D eigenvalue weighted by molar-refractivity contribution is 0.675. The molecule has 1 unspecified atom stereocenters. The zero-order chi connectivity index (χ0) is 10.7. The molecule has 0 aliphatic carbocycles. The van der Waals surface area contributed by atoms with Crippen LogP contribution in [-0.2, 0) is 13.0 Å². The number of aryl methyl sites for hydroxylation is 1. The van der Waals surface area contributed by atoms with E-state index in [2.05, 4.69) is 11.2 Å². The van der Waals surface area contributed by atoms with Crippen molar-refractivity contribution in [1.29, 1.82) is 5.26 Å². The molecule has 0 fully saturated rings. The second kappa shape index (κ2) is 4.25. The summed E-state index contributed by atoms with van der Waals surface area (Å²) in [6, 6.07) is 2.22. The van der Waals surface area contributed by atoms with E-state index in [-0.39, 0.29) is 6.04 Å². The van der Waals surface area contributed by atoms with Gasteiger partial charge in [0.05, 0.1) is 11.8 Å². The van der Waals surface area contributed by atoms with Crippen LogP contribution in [0.25, 0.3) is 0 Å². The van der Waals surface area contributed by atoms with Gasteiger partial charge in [-0.15, -0.1) is 0 Å². The summed E-state index contributed by atoms with van der Waals surface area (Å²) in [5.74, 6) is 0. The van der Waals surface area contributed by atoms with E-state index in [0.29, 0.717) is 6.54 Å². The van der Waals surface area contributed by atoms with Crippen molar-refractivity contribution in [2.75, 3.05) is 0 Å². The molecule has 4 heteroatoms. The number of aromatic nitrogens is 2. The average Bonchev–Trinajstić information content (AvgIpc) is 2.33. The van der Waals surface area contributed by atoms with Gasteiger partial charge in [0.25, 0.3) is 0 Å². The molecule has 0 saturated heterocycles. The van der Waals surface area contributed by atoms with Crippen molar-refractivity contribution in [2.45, 2.75) is 39.8 Å². The van der Waals surface area contributed by atoms with Crippen molar-refractivity contribution in [3.05, 3.63) is 17.0 Å². The van der Waals surface area contributed by atoms with Gasteiger partial charge in [-0.1, -0.05) is 0 Å². The Morgan fingerprint density at radius 1 is 1.57 bits per heavy atom. The van der Waals surface area contributed by atoms with E-state index >= 15 is 0 Å². The third-order valence-electron chi connectivity index (χ3n) is 2.28. The lowest BCUT2D eigenvalue weighted by Gasteiger charge is -2.05. The van der Waals surface area contributed by atoms with Gasteiger partial charge in [-0.3, -0.25) is 4.68 Å². The monoisotopic (exact) mass is 192 g/mol. The predicted molar refractivity (Wildman–Crippen MR) is 54.7 cm³/mol. The molecule has 76 valence electrons. The molecule has 1 atom stereocenters. The van der Waals surface area contributed by atoms with E-state index in [9.17, 15) is 0 Å². The Kier molecular flexibility index (Phi) is 3.26. The van der Waals surface area contributed by atoms with Gasteiger partial charge >= 0.3 is 0 Å². The van der Waals surface area contributed by atoms with Gasteiger partial charge in [0.2, 0.25) is 0 Å². The van der Waals surface area contributed by atoms with Gasteiger partial charge < -0.3 is 5.73 Å². The Morgan fingerprint density at radius 2 is 2.21 bits per heavy atom. The van der Waals surface area contributed by atoms with Crippen molar-refractivity contribution in [2.24, 2.45) is 5.73 Å². The Hall–Kier alpha value is -1.34. The molecule has 14 heavy (non-hydrogen) atoms. The van der Waals surface area contributed by atoms with Crippen LogP contribution in [0.1, 0.15) is 23.9 Å². The number of nitrogens with two attached hydrogens (primary N) is 1. The zero-order valence-corrected chi connectivity index (χ0v) is 8.91. The highest BCUT2D eigenvalue weighted by atomic mass is 15.3. The van der Waals surface area contributed by atoms with Crippen molar-refractivity contribution < 1.29 is 0 Å². The standard InChI is InChI=1S/C10H16N4/c1-7(12)6-10-8(2)13-14(5-4-11)9(10)3/h7H,5-6,12H2,1-3H3. The normalized spacial score (nSPS) is 12.5. The fourth-order valence-electron chi connectivity index (χ4n) is 1.57. The molecule has 2 N–H and O–H groups in total. The van der Waals surface area contributed by atoms with Crippen LogP contribution in [0.2, 0.25) is 0 Å². The summed E-state index contributed by atoms with van der Waals surface area (Å²) in [6.07, 6.45) is 0.823. The van der Waals surface area contributed by atoms with E-state index in [1.165, 1.54) is 5.56 Å². The largest absolute Gasteiger partial charge is 0.328 e. The van der Waals surface area contributed by atoms with Gasteiger partial charge in [-0.2, -0.15) is 10.4 Å². The Bertz CT molecular complexity index is 357. The molecule has 0 aliphatic heterocycles. The van der Waals surface area contributed by atoms with Crippen LogP contribution >= 0.6 is 0 Å². The van der Waals surface area contributed by atoms with E-state index in [1.54, 1.807) is 4.68 Å². The second-order valence-corrected chi connectivity index (χ2v) is 3.65. The summed E-state index contributed by atoms with van der Waals surface area (Å²) in [7, 11) is 0. The molecule has 1 aromatic heterocycles. The topological polar surface area (TPSA) is 67.6 Å². The summed E-state index contributed by atoms with van der Waals surface area (Å²) in [5, 5.41) is 12.9. The van der Waals surface area contributed by atoms with Crippen LogP contribution in [-0.4, -0.2) is 15.8 Å². The number of hydrogen-bond acceptors (Lipinski definition) is 3. The summed E-state index contributed by atoms with van der Waals surface area (Å²) < 4.78 is 1.73. The van der Waals surface area contributed by atoms with Gasteiger partial charge in [-0.05, 0) is 32.8 Å². The van der Waals surface area contributed by atoms with Crippen molar-refractivity contribution >= 4 is 0 Å². The van der Waals surface area contributed by atoms with E-state index < -0.39 is 0 Å². The minimum absolute atomic E-state index is 0.132. The smallest absolute Gasteiger partial charge is 0.128 e. The Morgan fingerprint density at radius 3 is 2.71 bits per heavy atom. The van der Waals surface area contributed by atoms with Crippen LogP contribution in [0.15, 0.2) is 0 Å². The summed E-state index contributed by atoms with van der Waals surface area (Å²) >= 11 is 0. The molecule has 0 saturated carbocycles. The Balaban J connectivity index is 3.00. The average molecular weight is 192 g/mol. The second-order valence-electron chi connectivity index (χ2n) is 3.65. The molecule has 1 rings (SSSR count). The minimum Gasteiger partial charge on any atom is -0.328 e. The SMILES string of the molecule is Cc1nn(CC#N)c(C)c1CC(C)N. The number of hydrogen-bond donors (Lipinski definition) is 1. The summed E-state index contributed by atoms with van der Waals surface area (Å²) in [5.41, 5.74) is 8.96. The lowest BCUT2D eigenvalue weighted by Crippen LogP contribution is -2.18. The fraction of sp³-hybridized carbons (Fsp3) is 0.600. The van der Waals surface area contributed by atoms with E-state index in [4.69, 9.17) is 11.0 Å². The molecule has 0 aliphatic rings. The Labute approximate surface area is 84.3 Å². The molecule has 0 spiro atoms. The number of rotatable bonds is 3. The highest BCUT2D eigenvalue weighted by Crippen LogP contribution is 2.14. The van der Waals surface area contributed by atoms with Crippen LogP contribution in [0.3, 0.4) is 0 Å². The minimum atomic E-state index is 0.132. The first-order valence-electron chi connectivity index (χ1n) is 4.71. The molecule has 0 radical (unpaired) electrons. The van der Waals surface area contributed by atoms with E-state index in [0.717, 1.165) is 17.8 Å². The quantitative estimate of drug-likeness (QED) is 0.774. The number of nitriles is 1. The third kappa shape index (κ3) is 2.12.